The van der Waals surface area contributed by atoms with Crippen molar-refractivity contribution in [3.8, 4) is 0 Å². The van der Waals surface area contributed by atoms with Crippen LogP contribution in [0.5, 0.6) is 0 Å². The van der Waals surface area contributed by atoms with Gasteiger partial charge in [0.15, 0.2) is 5.96 Å². The topological polar surface area (TPSA) is 42.9 Å². The second kappa shape index (κ2) is 12.5. The van der Waals surface area contributed by atoms with Gasteiger partial charge < -0.3 is 20.4 Å². The number of hydrogen-bond donors (Lipinski definition) is 2. The first-order chi connectivity index (χ1) is 9.61. The molecule has 1 aliphatic heterocycles. The summed E-state index contributed by atoms with van der Waals surface area (Å²) in [4.78, 5) is 9.56. The van der Waals surface area contributed by atoms with E-state index in [1.54, 1.807) is 0 Å². The van der Waals surface area contributed by atoms with E-state index in [0.717, 1.165) is 32.1 Å². The molecule has 0 spiro atoms. The van der Waals surface area contributed by atoms with Gasteiger partial charge in [0, 0.05) is 39.3 Å². The molecular formula is C15H34IN5. The molecule has 0 saturated carbocycles. The van der Waals surface area contributed by atoms with Crippen molar-refractivity contribution >= 4 is 29.9 Å². The smallest absolute Gasteiger partial charge is 0.191 e. The highest BCUT2D eigenvalue weighted by Crippen LogP contribution is 1.99. The number of likely N-dealkylation sites (N-methyl/N-ethyl adjacent to an activating group) is 1. The third kappa shape index (κ3) is 10.3. The zero-order valence-corrected chi connectivity index (χ0v) is 16.5. The van der Waals surface area contributed by atoms with Crippen LogP contribution >= 0.6 is 24.0 Å². The number of aliphatic imine (C=N–C) groups is 1. The van der Waals surface area contributed by atoms with Gasteiger partial charge in [0.05, 0.1) is 0 Å². The Bertz CT molecular complexity index is 283. The summed E-state index contributed by atoms with van der Waals surface area (Å²) in [5.74, 6) is 1.56. The Kier molecular flexibility index (Phi) is 12.4. The lowest BCUT2D eigenvalue weighted by atomic mass is 10.2. The van der Waals surface area contributed by atoms with Crippen molar-refractivity contribution in [2.24, 2.45) is 10.9 Å². The van der Waals surface area contributed by atoms with Gasteiger partial charge in [-0.2, -0.15) is 0 Å². The lowest BCUT2D eigenvalue weighted by molar-refractivity contribution is 0.280. The lowest BCUT2D eigenvalue weighted by Gasteiger charge is -2.21. The number of guanidine groups is 1. The lowest BCUT2D eigenvalue weighted by Crippen LogP contribution is -2.42. The Morgan fingerprint density at radius 3 is 2.57 bits per heavy atom. The van der Waals surface area contributed by atoms with Crippen molar-refractivity contribution in [1.29, 1.82) is 0 Å². The van der Waals surface area contributed by atoms with Gasteiger partial charge in [0.2, 0.25) is 0 Å². The molecule has 0 aromatic rings. The largest absolute Gasteiger partial charge is 0.357 e. The zero-order valence-electron chi connectivity index (χ0n) is 14.2. The van der Waals surface area contributed by atoms with E-state index in [1.165, 1.54) is 32.6 Å². The average Bonchev–Trinajstić information content (AvgIpc) is 2.61. The van der Waals surface area contributed by atoms with Gasteiger partial charge in [0.25, 0.3) is 0 Å². The summed E-state index contributed by atoms with van der Waals surface area (Å²) in [5.41, 5.74) is 0. The maximum absolute atomic E-state index is 4.59. The van der Waals surface area contributed by atoms with Crippen LogP contribution in [0, 0.1) is 5.92 Å². The van der Waals surface area contributed by atoms with Crippen LogP contribution in [0.2, 0.25) is 0 Å². The Balaban J connectivity index is 0.00000400. The van der Waals surface area contributed by atoms with Crippen molar-refractivity contribution in [2.45, 2.75) is 27.2 Å². The summed E-state index contributed by atoms with van der Waals surface area (Å²) in [5, 5.41) is 6.75. The molecule has 1 rings (SSSR count). The van der Waals surface area contributed by atoms with Gasteiger partial charge in [0.1, 0.15) is 0 Å². The minimum atomic E-state index is 0. The number of nitrogens with one attached hydrogen (secondary N) is 2. The molecule has 1 aliphatic rings. The molecule has 0 aliphatic carbocycles. The first kappa shape index (κ1) is 20.9. The van der Waals surface area contributed by atoms with Crippen LogP contribution in [0.15, 0.2) is 4.99 Å². The molecule has 1 heterocycles. The molecule has 0 aromatic heterocycles. The van der Waals surface area contributed by atoms with Gasteiger partial charge in [-0.05, 0) is 39.4 Å². The second-order valence-corrected chi connectivity index (χ2v) is 6.04. The van der Waals surface area contributed by atoms with Crippen molar-refractivity contribution in [2.75, 3.05) is 59.4 Å². The molecule has 0 amide bonds. The molecule has 1 fully saturated rings. The van der Waals surface area contributed by atoms with Gasteiger partial charge in [-0.3, -0.25) is 4.99 Å². The van der Waals surface area contributed by atoms with Gasteiger partial charge in [-0.1, -0.05) is 13.8 Å². The fourth-order valence-corrected chi connectivity index (χ4v) is 2.27. The zero-order chi connectivity index (χ0) is 14.8. The Labute approximate surface area is 148 Å². The Morgan fingerprint density at radius 1 is 1.14 bits per heavy atom. The van der Waals surface area contributed by atoms with Crippen LogP contribution in [0.3, 0.4) is 0 Å². The fraction of sp³-hybridized carbons (Fsp3) is 0.933. The maximum Gasteiger partial charge on any atom is 0.191 e. The van der Waals surface area contributed by atoms with Crippen molar-refractivity contribution in [3.05, 3.63) is 0 Å². The van der Waals surface area contributed by atoms with Gasteiger partial charge in [-0.25, -0.2) is 0 Å². The molecule has 0 bridgehead atoms. The summed E-state index contributed by atoms with van der Waals surface area (Å²) in [6.07, 6.45) is 1.28. The molecule has 6 heteroatoms. The van der Waals surface area contributed by atoms with Crippen molar-refractivity contribution < 1.29 is 0 Å². The summed E-state index contributed by atoms with van der Waals surface area (Å²) in [7, 11) is 2.21. The monoisotopic (exact) mass is 411 g/mol. The van der Waals surface area contributed by atoms with Crippen molar-refractivity contribution in [3.63, 3.8) is 0 Å². The highest BCUT2D eigenvalue weighted by atomic mass is 127. The molecule has 1 saturated heterocycles. The predicted octanol–water partition coefficient (Wildman–Crippen LogP) is 1.45. The second-order valence-electron chi connectivity index (χ2n) is 6.04. The molecule has 5 nitrogen and oxygen atoms in total. The highest BCUT2D eigenvalue weighted by molar-refractivity contribution is 14.0. The van der Waals surface area contributed by atoms with Gasteiger partial charge >= 0.3 is 0 Å². The van der Waals surface area contributed by atoms with E-state index in [2.05, 4.69) is 53.2 Å². The predicted molar refractivity (Wildman–Crippen MR) is 103 cm³/mol. The number of hydrogen-bond acceptors (Lipinski definition) is 3. The first-order valence-corrected chi connectivity index (χ1v) is 8.05. The van der Waals surface area contributed by atoms with Crippen LogP contribution in [-0.4, -0.2) is 75.2 Å². The van der Waals surface area contributed by atoms with Crippen LogP contribution in [0.1, 0.15) is 27.2 Å². The van der Waals surface area contributed by atoms with E-state index in [-0.39, 0.29) is 24.0 Å². The molecule has 2 N–H and O–H groups in total. The first-order valence-electron chi connectivity index (χ1n) is 8.05. The van der Waals surface area contributed by atoms with Crippen LogP contribution < -0.4 is 10.6 Å². The standard InChI is InChI=1S/C15H33N5.HI/c1-5-16-15(18-13-14(2)3)17-7-10-20-9-6-8-19(4)11-12-20;/h14H,5-13H2,1-4H3,(H2,16,17,18);1H. The fourth-order valence-electron chi connectivity index (χ4n) is 2.27. The molecule has 0 unspecified atom stereocenters. The van der Waals surface area contributed by atoms with Crippen LogP contribution in [0.25, 0.3) is 0 Å². The number of nitrogens with zero attached hydrogens (tertiary/aromatic N) is 3. The minimum Gasteiger partial charge on any atom is -0.357 e. The quantitative estimate of drug-likeness (QED) is 0.395. The SMILES string of the molecule is CCNC(=NCC(C)C)NCCN1CCCN(C)CC1.I. The van der Waals surface area contributed by atoms with Gasteiger partial charge in [-0.15, -0.1) is 24.0 Å². The molecular weight excluding hydrogens is 377 g/mol. The third-order valence-electron chi connectivity index (χ3n) is 3.49. The summed E-state index contributed by atoms with van der Waals surface area (Å²) in [6, 6.07) is 0. The van der Waals surface area contributed by atoms with E-state index in [1.807, 2.05) is 0 Å². The molecule has 0 aromatic carbocycles. The molecule has 0 atom stereocenters. The number of halogens is 1. The van der Waals surface area contributed by atoms with E-state index in [9.17, 15) is 0 Å². The Morgan fingerprint density at radius 2 is 1.90 bits per heavy atom. The van der Waals surface area contributed by atoms with Crippen molar-refractivity contribution in [1.82, 2.24) is 20.4 Å². The van der Waals surface area contributed by atoms with Crippen LogP contribution in [-0.2, 0) is 0 Å². The number of rotatable bonds is 6. The van der Waals surface area contributed by atoms with E-state index in [4.69, 9.17) is 0 Å². The Hall–Kier alpha value is -0.0800. The maximum atomic E-state index is 4.59. The highest BCUT2D eigenvalue weighted by Gasteiger charge is 2.11. The summed E-state index contributed by atoms with van der Waals surface area (Å²) < 4.78 is 0. The normalized spacial score (nSPS) is 18.2. The minimum absolute atomic E-state index is 0. The third-order valence-corrected chi connectivity index (χ3v) is 3.49. The molecule has 21 heavy (non-hydrogen) atoms. The van der Waals surface area contributed by atoms with E-state index < -0.39 is 0 Å². The average molecular weight is 411 g/mol. The summed E-state index contributed by atoms with van der Waals surface area (Å²) in [6.45, 7) is 15.2. The van der Waals surface area contributed by atoms with Crippen LogP contribution in [0.4, 0.5) is 0 Å². The summed E-state index contributed by atoms with van der Waals surface area (Å²) >= 11 is 0. The molecule has 0 radical (unpaired) electrons. The van der Waals surface area contributed by atoms with E-state index >= 15 is 0 Å². The van der Waals surface area contributed by atoms with E-state index in [0.29, 0.717) is 5.92 Å². The molecule has 126 valence electrons.